The SMILES string of the molecule is Cc1cccc(OC(C)C(=O)c2ccc(Cl)s2)c1C. The average Bonchev–Trinajstić information content (AvgIpc) is 2.80. The van der Waals surface area contributed by atoms with Crippen LogP contribution in [-0.4, -0.2) is 11.9 Å². The molecule has 2 rings (SSSR count). The zero-order valence-corrected chi connectivity index (χ0v) is 12.6. The zero-order chi connectivity index (χ0) is 14.0. The van der Waals surface area contributed by atoms with Gasteiger partial charge in [-0.05, 0) is 50.1 Å². The molecule has 0 fully saturated rings. The lowest BCUT2D eigenvalue weighted by atomic mass is 10.1. The lowest BCUT2D eigenvalue weighted by Crippen LogP contribution is -2.23. The van der Waals surface area contributed by atoms with Crippen LogP contribution < -0.4 is 4.74 Å². The third kappa shape index (κ3) is 3.17. The fraction of sp³-hybridized carbons (Fsp3) is 0.267. The van der Waals surface area contributed by atoms with E-state index in [-0.39, 0.29) is 5.78 Å². The first-order valence-corrected chi connectivity index (χ1v) is 7.21. The number of rotatable bonds is 4. The molecule has 100 valence electrons. The second-order valence-corrected chi connectivity index (χ2v) is 6.14. The van der Waals surface area contributed by atoms with E-state index in [2.05, 4.69) is 0 Å². The molecule has 1 unspecified atom stereocenters. The van der Waals surface area contributed by atoms with Gasteiger partial charge in [-0.1, -0.05) is 23.7 Å². The molecule has 0 saturated heterocycles. The van der Waals surface area contributed by atoms with Gasteiger partial charge < -0.3 is 4.74 Å². The number of ether oxygens (including phenoxy) is 1. The molecule has 2 nitrogen and oxygen atoms in total. The van der Waals surface area contributed by atoms with Crippen molar-refractivity contribution in [2.45, 2.75) is 26.9 Å². The van der Waals surface area contributed by atoms with Gasteiger partial charge in [-0.25, -0.2) is 0 Å². The maximum absolute atomic E-state index is 12.2. The summed E-state index contributed by atoms with van der Waals surface area (Å²) in [6, 6.07) is 9.29. The van der Waals surface area contributed by atoms with Gasteiger partial charge in [-0.2, -0.15) is 0 Å². The van der Waals surface area contributed by atoms with Crippen LogP contribution in [0.5, 0.6) is 5.75 Å². The van der Waals surface area contributed by atoms with Gasteiger partial charge in [0.2, 0.25) is 5.78 Å². The van der Waals surface area contributed by atoms with Crippen LogP contribution in [0.1, 0.15) is 27.7 Å². The molecule has 0 aliphatic heterocycles. The summed E-state index contributed by atoms with van der Waals surface area (Å²) in [5.74, 6) is 0.710. The Balaban J connectivity index is 2.15. The first-order valence-electron chi connectivity index (χ1n) is 6.01. The Kier molecular flexibility index (Phi) is 4.27. The predicted molar refractivity (Wildman–Crippen MR) is 79.7 cm³/mol. The second-order valence-electron chi connectivity index (χ2n) is 4.43. The Morgan fingerprint density at radius 2 is 2.00 bits per heavy atom. The number of benzene rings is 1. The molecule has 1 heterocycles. The quantitative estimate of drug-likeness (QED) is 0.766. The Morgan fingerprint density at radius 3 is 2.63 bits per heavy atom. The number of carbonyl (C=O) groups excluding carboxylic acids is 1. The molecule has 2 aromatic rings. The smallest absolute Gasteiger partial charge is 0.212 e. The van der Waals surface area contributed by atoms with Crippen LogP contribution in [0.25, 0.3) is 0 Å². The van der Waals surface area contributed by atoms with Crippen molar-refractivity contribution in [1.29, 1.82) is 0 Å². The summed E-state index contributed by atoms with van der Waals surface area (Å²) in [7, 11) is 0. The molecule has 0 N–H and O–H groups in total. The van der Waals surface area contributed by atoms with Crippen LogP contribution in [-0.2, 0) is 0 Å². The number of thiophene rings is 1. The van der Waals surface area contributed by atoms with E-state index in [1.165, 1.54) is 11.3 Å². The van der Waals surface area contributed by atoms with E-state index >= 15 is 0 Å². The molecule has 0 spiro atoms. The van der Waals surface area contributed by atoms with E-state index in [0.717, 1.165) is 16.9 Å². The molecule has 0 aliphatic carbocycles. The largest absolute Gasteiger partial charge is 0.482 e. The van der Waals surface area contributed by atoms with E-state index < -0.39 is 6.10 Å². The molecular formula is C15H15ClO2S. The predicted octanol–water partition coefficient (Wildman–Crippen LogP) is 4.67. The van der Waals surface area contributed by atoms with Crippen LogP contribution in [0.4, 0.5) is 0 Å². The van der Waals surface area contributed by atoms with Gasteiger partial charge in [0.05, 0.1) is 9.21 Å². The van der Waals surface area contributed by atoms with Crippen molar-refractivity contribution < 1.29 is 9.53 Å². The Hall–Kier alpha value is -1.32. The molecule has 0 radical (unpaired) electrons. The third-order valence-corrected chi connectivity index (χ3v) is 4.29. The Morgan fingerprint density at radius 1 is 1.26 bits per heavy atom. The maximum atomic E-state index is 12.2. The molecule has 1 atom stereocenters. The van der Waals surface area contributed by atoms with Crippen LogP contribution in [0.15, 0.2) is 30.3 Å². The van der Waals surface area contributed by atoms with Crippen LogP contribution in [0.2, 0.25) is 4.34 Å². The van der Waals surface area contributed by atoms with Gasteiger partial charge in [-0.3, -0.25) is 4.79 Å². The minimum Gasteiger partial charge on any atom is -0.482 e. The summed E-state index contributed by atoms with van der Waals surface area (Å²) < 4.78 is 6.38. The number of Topliss-reactive ketones (excluding diaryl/α,β-unsaturated/α-hetero) is 1. The van der Waals surface area contributed by atoms with E-state index in [9.17, 15) is 4.79 Å². The average molecular weight is 295 g/mol. The number of hydrogen-bond acceptors (Lipinski definition) is 3. The molecule has 1 aromatic carbocycles. The van der Waals surface area contributed by atoms with Crippen molar-refractivity contribution in [3.8, 4) is 5.75 Å². The molecule has 0 aliphatic rings. The third-order valence-electron chi connectivity index (χ3n) is 3.04. The molecule has 19 heavy (non-hydrogen) atoms. The van der Waals surface area contributed by atoms with Crippen molar-refractivity contribution in [2.75, 3.05) is 0 Å². The summed E-state index contributed by atoms with van der Waals surface area (Å²) >= 11 is 7.12. The van der Waals surface area contributed by atoms with Crippen molar-refractivity contribution >= 4 is 28.7 Å². The minimum absolute atomic E-state index is 0.0437. The molecule has 4 heteroatoms. The van der Waals surface area contributed by atoms with Crippen LogP contribution in [0.3, 0.4) is 0 Å². The summed E-state index contributed by atoms with van der Waals surface area (Å²) in [6.45, 7) is 5.77. The van der Waals surface area contributed by atoms with Crippen LogP contribution >= 0.6 is 22.9 Å². The highest BCUT2D eigenvalue weighted by atomic mass is 35.5. The van der Waals surface area contributed by atoms with Crippen molar-refractivity contribution in [2.24, 2.45) is 0 Å². The van der Waals surface area contributed by atoms with Crippen molar-refractivity contribution in [3.05, 3.63) is 50.7 Å². The summed E-state index contributed by atoms with van der Waals surface area (Å²) in [4.78, 5) is 12.8. The Bertz CT molecular complexity index is 604. The molecule has 0 bridgehead atoms. The van der Waals surface area contributed by atoms with Crippen LogP contribution in [0, 0.1) is 13.8 Å². The van der Waals surface area contributed by atoms with E-state index in [0.29, 0.717) is 9.21 Å². The minimum atomic E-state index is -0.518. The zero-order valence-electron chi connectivity index (χ0n) is 11.1. The van der Waals surface area contributed by atoms with Gasteiger partial charge in [0, 0.05) is 0 Å². The number of carbonyl (C=O) groups is 1. The van der Waals surface area contributed by atoms with Gasteiger partial charge in [0.15, 0.2) is 6.10 Å². The number of hydrogen-bond donors (Lipinski definition) is 0. The van der Waals surface area contributed by atoms with Crippen molar-refractivity contribution in [1.82, 2.24) is 0 Å². The number of ketones is 1. The number of halogens is 1. The van der Waals surface area contributed by atoms with Crippen molar-refractivity contribution in [3.63, 3.8) is 0 Å². The molecule has 0 saturated carbocycles. The summed E-state index contributed by atoms with van der Waals surface area (Å²) in [6.07, 6.45) is -0.518. The van der Waals surface area contributed by atoms with Gasteiger partial charge >= 0.3 is 0 Å². The molecule has 1 aromatic heterocycles. The summed E-state index contributed by atoms with van der Waals surface area (Å²) in [5, 5.41) is 0. The fourth-order valence-corrected chi connectivity index (χ4v) is 2.80. The standard InChI is InChI=1S/C15H15ClO2S/c1-9-5-4-6-12(10(9)2)18-11(3)15(17)13-7-8-14(16)19-13/h4-8,11H,1-3H3. The highest BCUT2D eigenvalue weighted by molar-refractivity contribution is 7.18. The number of aryl methyl sites for hydroxylation is 1. The van der Waals surface area contributed by atoms with Gasteiger partial charge in [0.1, 0.15) is 5.75 Å². The highest BCUT2D eigenvalue weighted by Crippen LogP contribution is 2.25. The Labute approximate surface area is 122 Å². The maximum Gasteiger partial charge on any atom is 0.212 e. The van der Waals surface area contributed by atoms with E-state index in [1.807, 2.05) is 32.0 Å². The first-order chi connectivity index (χ1) is 8.99. The monoisotopic (exact) mass is 294 g/mol. The fourth-order valence-electron chi connectivity index (χ4n) is 1.74. The highest BCUT2D eigenvalue weighted by Gasteiger charge is 2.19. The molecular weight excluding hydrogens is 280 g/mol. The summed E-state index contributed by atoms with van der Waals surface area (Å²) in [5.41, 5.74) is 2.21. The van der Waals surface area contributed by atoms with Gasteiger partial charge in [-0.15, -0.1) is 11.3 Å². The molecule has 0 amide bonds. The lowest BCUT2D eigenvalue weighted by Gasteiger charge is -2.15. The van der Waals surface area contributed by atoms with E-state index in [4.69, 9.17) is 16.3 Å². The second kappa shape index (κ2) is 5.76. The first kappa shape index (κ1) is 14.1. The lowest BCUT2D eigenvalue weighted by molar-refractivity contribution is 0.0821. The topological polar surface area (TPSA) is 26.3 Å². The normalized spacial score (nSPS) is 12.2. The van der Waals surface area contributed by atoms with Gasteiger partial charge in [0.25, 0.3) is 0 Å². The van der Waals surface area contributed by atoms with E-state index in [1.54, 1.807) is 19.1 Å².